The zero-order chi connectivity index (χ0) is 14.2. The molecule has 0 radical (unpaired) electrons. The molecule has 1 amide bonds. The highest BCUT2D eigenvalue weighted by Crippen LogP contribution is 2.28. The Morgan fingerprint density at radius 2 is 1.95 bits per heavy atom. The van der Waals surface area contributed by atoms with Gasteiger partial charge in [0.2, 0.25) is 5.95 Å². The molecule has 5 nitrogen and oxygen atoms in total. The van der Waals surface area contributed by atoms with Crippen LogP contribution in [0.25, 0.3) is 0 Å². The number of rotatable bonds is 3. The van der Waals surface area contributed by atoms with Gasteiger partial charge in [-0.1, -0.05) is 18.2 Å². The topological polar surface area (TPSA) is 58.1 Å². The maximum atomic E-state index is 12.6. The minimum atomic E-state index is -0.0297. The van der Waals surface area contributed by atoms with Crippen LogP contribution in [0.4, 0.5) is 11.6 Å². The predicted molar refractivity (Wildman–Crippen MR) is 80.5 cm³/mol. The van der Waals surface area contributed by atoms with E-state index in [0.29, 0.717) is 17.6 Å². The average molecular weight is 280 g/mol. The molecule has 0 unspecified atom stereocenters. The zero-order valence-corrected chi connectivity index (χ0v) is 11.6. The molecule has 0 saturated heterocycles. The molecular formula is C16H16N4O. The number of nitrogens with one attached hydrogen (secondary N) is 1. The van der Waals surface area contributed by atoms with Crippen molar-refractivity contribution in [2.45, 2.75) is 25.3 Å². The lowest BCUT2D eigenvalue weighted by molar-refractivity contribution is 0.0988. The minimum Gasteiger partial charge on any atom is -0.351 e. The van der Waals surface area contributed by atoms with Crippen LogP contribution in [0.5, 0.6) is 0 Å². The fraction of sp³-hybridized carbons (Fsp3) is 0.312. The molecule has 5 heteroatoms. The zero-order valence-electron chi connectivity index (χ0n) is 11.6. The van der Waals surface area contributed by atoms with E-state index in [2.05, 4.69) is 21.4 Å². The van der Waals surface area contributed by atoms with E-state index in [9.17, 15) is 4.79 Å². The van der Waals surface area contributed by atoms with E-state index in [-0.39, 0.29) is 5.91 Å². The van der Waals surface area contributed by atoms with Gasteiger partial charge in [0.05, 0.1) is 5.56 Å². The molecule has 21 heavy (non-hydrogen) atoms. The number of hydrogen-bond donors (Lipinski definition) is 1. The number of carbonyl (C=O) groups is 1. The number of carbonyl (C=O) groups excluding carboxylic acids is 1. The van der Waals surface area contributed by atoms with E-state index in [4.69, 9.17) is 0 Å². The van der Waals surface area contributed by atoms with Gasteiger partial charge in [0.25, 0.3) is 5.91 Å². The van der Waals surface area contributed by atoms with Gasteiger partial charge in [-0.3, -0.25) is 4.79 Å². The molecule has 2 aromatic rings. The van der Waals surface area contributed by atoms with Crippen molar-refractivity contribution in [3.05, 3.63) is 47.8 Å². The van der Waals surface area contributed by atoms with Crippen LogP contribution >= 0.6 is 0 Å². The second-order valence-electron chi connectivity index (χ2n) is 5.55. The van der Waals surface area contributed by atoms with Crippen molar-refractivity contribution in [3.8, 4) is 0 Å². The third kappa shape index (κ3) is 2.35. The first kappa shape index (κ1) is 12.3. The van der Waals surface area contributed by atoms with Crippen LogP contribution in [-0.2, 0) is 6.42 Å². The smallest absolute Gasteiger partial charge is 0.261 e. The first-order valence-corrected chi connectivity index (χ1v) is 7.29. The van der Waals surface area contributed by atoms with Gasteiger partial charge in [0.15, 0.2) is 0 Å². The molecule has 106 valence electrons. The summed E-state index contributed by atoms with van der Waals surface area (Å²) in [5, 5.41) is 3.22. The number of benzene rings is 1. The second-order valence-corrected chi connectivity index (χ2v) is 5.55. The SMILES string of the molecule is O=C(c1cnc(NC2CC2)nc1)N1CCc2ccccc21. The molecule has 0 bridgehead atoms. The van der Waals surface area contributed by atoms with Crippen molar-refractivity contribution in [2.24, 2.45) is 0 Å². The van der Waals surface area contributed by atoms with Crippen molar-refractivity contribution in [1.82, 2.24) is 9.97 Å². The normalized spacial score (nSPS) is 16.7. The van der Waals surface area contributed by atoms with Crippen LogP contribution in [0.3, 0.4) is 0 Å². The Kier molecular flexibility index (Phi) is 2.84. The molecule has 1 aliphatic carbocycles. The largest absolute Gasteiger partial charge is 0.351 e. The Morgan fingerprint density at radius 1 is 1.19 bits per heavy atom. The molecule has 4 rings (SSSR count). The third-order valence-electron chi connectivity index (χ3n) is 3.94. The van der Waals surface area contributed by atoms with Gasteiger partial charge in [-0.05, 0) is 30.9 Å². The molecule has 1 saturated carbocycles. The Hall–Kier alpha value is -2.43. The standard InChI is InChI=1S/C16H16N4O/c21-15(20-8-7-11-3-1-2-4-14(11)20)12-9-17-16(18-10-12)19-13-5-6-13/h1-4,9-10,13H,5-8H2,(H,17,18,19). The molecule has 1 aliphatic heterocycles. The maximum absolute atomic E-state index is 12.6. The summed E-state index contributed by atoms with van der Waals surface area (Å²) in [6.07, 6.45) is 6.48. The van der Waals surface area contributed by atoms with Crippen LogP contribution < -0.4 is 10.2 Å². The maximum Gasteiger partial charge on any atom is 0.261 e. The fourth-order valence-electron chi connectivity index (χ4n) is 2.63. The number of hydrogen-bond acceptors (Lipinski definition) is 4. The Labute approximate surface area is 123 Å². The first-order chi connectivity index (χ1) is 10.3. The molecule has 2 heterocycles. The van der Waals surface area contributed by atoms with E-state index in [0.717, 1.165) is 18.7 Å². The van der Waals surface area contributed by atoms with Crippen molar-refractivity contribution in [1.29, 1.82) is 0 Å². The second kappa shape index (κ2) is 4.84. The summed E-state index contributed by atoms with van der Waals surface area (Å²) in [6.45, 7) is 0.722. The van der Waals surface area contributed by atoms with E-state index in [1.54, 1.807) is 12.4 Å². The third-order valence-corrected chi connectivity index (χ3v) is 3.94. The summed E-state index contributed by atoms with van der Waals surface area (Å²) in [6, 6.07) is 8.54. The number of nitrogens with zero attached hydrogens (tertiary/aromatic N) is 3. The Morgan fingerprint density at radius 3 is 2.71 bits per heavy atom. The van der Waals surface area contributed by atoms with Crippen LogP contribution in [0, 0.1) is 0 Å². The van der Waals surface area contributed by atoms with E-state index in [1.807, 2.05) is 23.1 Å². The fourth-order valence-corrected chi connectivity index (χ4v) is 2.63. The molecule has 2 aliphatic rings. The number of aromatic nitrogens is 2. The molecule has 1 aromatic heterocycles. The van der Waals surface area contributed by atoms with Crippen LogP contribution in [-0.4, -0.2) is 28.5 Å². The lowest BCUT2D eigenvalue weighted by atomic mass is 10.2. The van der Waals surface area contributed by atoms with Crippen LogP contribution in [0.2, 0.25) is 0 Å². The summed E-state index contributed by atoms with van der Waals surface area (Å²) < 4.78 is 0. The van der Waals surface area contributed by atoms with Gasteiger partial charge in [-0.2, -0.15) is 0 Å². The molecule has 1 aromatic carbocycles. The average Bonchev–Trinajstić information content (AvgIpc) is 3.23. The molecular weight excluding hydrogens is 264 g/mol. The van der Waals surface area contributed by atoms with Crippen molar-refractivity contribution >= 4 is 17.5 Å². The highest BCUT2D eigenvalue weighted by atomic mass is 16.2. The summed E-state index contributed by atoms with van der Waals surface area (Å²) in [5.41, 5.74) is 2.76. The van der Waals surface area contributed by atoms with Gasteiger partial charge in [-0.25, -0.2) is 9.97 Å². The van der Waals surface area contributed by atoms with Crippen LogP contribution in [0.15, 0.2) is 36.7 Å². The number of amides is 1. The Bertz CT molecular complexity index is 679. The predicted octanol–water partition coefficient (Wildman–Crippen LogP) is 2.25. The van der Waals surface area contributed by atoms with E-state index < -0.39 is 0 Å². The van der Waals surface area contributed by atoms with Gasteiger partial charge in [0.1, 0.15) is 0 Å². The van der Waals surface area contributed by atoms with Gasteiger partial charge in [-0.15, -0.1) is 0 Å². The van der Waals surface area contributed by atoms with E-state index >= 15 is 0 Å². The molecule has 0 atom stereocenters. The van der Waals surface area contributed by atoms with Crippen molar-refractivity contribution in [3.63, 3.8) is 0 Å². The summed E-state index contributed by atoms with van der Waals surface area (Å²) >= 11 is 0. The summed E-state index contributed by atoms with van der Waals surface area (Å²) in [7, 11) is 0. The van der Waals surface area contributed by atoms with Crippen molar-refractivity contribution in [2.75, 3.05) is 16.8 Å². The van der Waals surface area contributed by atoms with Crippen molar-refractivity contribution < 1.29 is 4.79 Å². The summed E-state index contributed by atoms with van der Waals surface area (Å²) in [4.78, 5) is 22.9. The number of anilines is 2. The summed E-state index contributed by atoms with van der Waals surface area (Å²) in [5.74, 6) is 0.578. The highest BCUT2D eigenvalue weighted by molar-refractivity contribution is 6.06. The molecule has 1 fully saturated rings. The highest BCUT2D eigenvalue weighted by Gasteiger charge is 2.26. The van der Waals surface area contributed by atoms with Crippen LogP contribution in [0.1, 0.15) is 28.8 Å². The monoisotopic (exact) mass is 280 g/mol. The van der Waals surface area contributed by atoms with E-state index in [1.165, 1.54) is 18.4 Å². The lowest BCUT2D eigenvalue weighted by Crippen LogP contribution is -2.29. The molecule has 0 spiro atoms. The molecule has 1 N–H and O–H groups in total. The first-order valence-electron chi connectivity index (χ1n) is 7.29. The lowest BCUT2D eigenvalue weighted by Gasteiger charge is -2.17. The number of fused-ring (bicyclic) bond motifs is 1. The van der Waals surface area contributed by atoms with Gasteiger partial charge in [0, 0.05) is 30.7 Å². The number of para-hydroxylation sites is 1. The quantitative estimate of drug-likeness (QED) is 0.937. The Balaban J connectivity index is 1.54. The minimum absolute atomic E-state index is 0.0297. The van der Waals surface area contributed by atoms with Gasteiger partial charge < -0.3 is 10.2 Å². The van der Waals surface area contributed by atoms with Gasteiger partial charge >= 0.3 is 0 Å².